The number of carbonyl (C=O) groups is 1. The molecule has 0 radical (unpaired) electrons. The number of halogens is 1. The summed E-state index contributed by atoms with van der Waals surface area (Å²) in [5, 5.41) is 2.71. The molecule has 4 aromatic heterocycles. The van der Waals surface area contributed by atoms with Gasteiger partial charge in [0.15, 0.2) is 11.5 Å². The van der Waals surface area contributed by atoms with Gasteiger partial charge >= 0.3 is 0 Å². The van der Waals surface area contributed by atoms with Crippen LogP contribution in [-0.2, 0) is 0 Å². The molecule has 0 unspecified atom stereocenters. The fraction of sp³-hybridized carbons (Fsp3) is 0.107. The van der Waals surface area contributed by atoms with Crippen molar-refractivity contribution in [1.82, 2.24) is 19.5 Å². The van der Waals surface area contributed by atoms with Crippen LogP contribution in [0.15, 0.2) is 77.9 Å². The highest BCUT2D eigenvalue weighted by Gasteiger charge is 2.17. The van der Waals surface area contributed by atoms with Gasteiger partial charge in [-0.15, -0.1) is 0 Å². The van der Waals surface area contributed by atoms with Crippen LogP contribution >= 0.6 is 0 Å². The molecule has 0 aliphatic heterocycles. The molecule has 1 N–H and O–H groups in total. The van der Waals surface area contributed by atoms with Gasteiger partial charge in [0.05, 0.1) is 25.9 Å². The Bertz CT molecular complexity index is 1740. The van der Waals surface area contributed by atoms with Gasteiger partial charge in [0, 0.05) is 29.7 Å². The van der Waals surface area contributed by atoms with Crippen LogP contribution in [0.5, 0.6) is 23.1 Å². The van der Waals surface area contributed by atoms with Crippen molar-refractivity contribution in [2.24, 2.45) is 0 Å². The van der Waals surface area contributed by atoms with Crippen LogP contribution < -0.4 is 25.1 Å². The number of ether oxygens (including phenoxy) is 3. The molecule has 0 saturated heterocycles. The third-order valence-corrected chi connectivity index (χ3v) is 5.82. The lowest BCUT2D eigenvalue weighted by Crippen LogP contribution is -2.29. The lowest BCUT2D eigenvalue weighted by atomic mass is 10.2. The summed E-state index contributed by atoms with van der Waals surface area (Å²) in [6.07, 6.45) is 2.60. The second-order valence-corrected chi connectivity index (χ2v) is 8.32. The van der Waals surface area contributed by atoms with E-state index in [1.807, 2.05) is 0 Å². The summed E-state index contributed by atoms with van der Waals surface area (Å²) in [7, 11) is 3.01. The summed E-state index contributed by atoms with van der Waals surface area (Å²) < 4.78 is 31.1. The van der Waals surface area contributed by atoms with Gasteiger partial charge in [-0.2, -0.15) is 0 Å². The average molecular weight is 528 g/mol. The van der Waals surface area contributed by atoms with Gasteiger partial charge in [0.2, 0.25) is 0 Å². The molecule has 196 valence electrons. The third-order valence-electron chi connectivity index (χ3n) is 5.82. The standard InChI is InChI=1S/C28H22FN5O5/c1-16-4-10-20(28(36)34(16)24-11-5-17(29)15-31-24)26(35)32-18-6-8-19(9-7-18)39-22-12-13-30-21-14-23(37-2)27(38-3)33-25(21)22/h4-15H,1-3H3,(H,32,35). The minimum absolute atomic E-state index is 0.0919. The molecular formula is C28H22FN5O5. The van der Waals surface area contributed by atoms with Gasteiger partial charge in [-0.05, 0) is 55.5 Å². The van der Waals surface area contributed by atoms with Gasteiger partial charge < -0.3 is 19.5 Å². The number of anilines is 1. The third kappa shape index (κ3) is 5.10. The minimum Gasteiger partial charge on any atom is -0.491 e. The largest absolute Gasteiger partial charge is 0.491 e. The summed E-state index contributed by atoms with van der Waals surface area (Å²) in [4.78, 5) is 38.7. The maximum Gasteiger partial charge on any atom is 0.269 e. The van der Waals surface area contributed by atoms with Crippen molar-refractivity contribution in [1.29, 1.82) is 0 Å². The molecule has 1 amide bonds. The van der Waals surface area contributed by atoms with Crippen LogP contribution in [-0.4, -0.2) is 39.6 Å². The predicted molar refractivity (Wildman–Crippen MR) is 142 cm³/mol. The maximum absolute atomic E-state index is 13.3. The normalized spacial score (nSPS) is 10.8. The topological polar surface area (TPSA) is 117 Å². The first kappa shape index (κ1) is 25.3. The van der Waals surface area contributed by atoms with Crippen LogP contribution in [0.25, 0.3) is 16.9 Å². The van der Waals surface area contributed by atoms with E-state index in [0.29, 0.717) is 45.5 Å². The van der Waals surface area contributed by atoms with E-state index < -0.39 is 17.3 Å². The Morgan fingerprint density at radius 3 is 2.44 bits per heavy atom. The molecule has 10 nitrogen and oxygen atoms in total. The number of fused-ring (bicyclic) bond motifs is 1. The molecule has 5 aromatic rings. The Morgan fingerprint density at radius 1 is 0.949 bits per heavy atom. The zero-order valence-corrected chi connectivity index (χ0v) is 21.1. The quantitative estimate of drug-likeness (QED) is 0.324. The number of hydrogen-bond donors (Lipinski definition) is 1. The van der Waals surface area contributed by atoms with Crippen molar-refractivity contribution in [3.8, 4) is 28.9 Å². The van der Waals surface area contributed by atoms with E-state index in [4.69, 9.17) is 14.2 Å². The lowest BCUT2D eigenvalue weighted by molar-refractivity contribution is 0.102. The van der Waals surface area contributed by atoms with Crippen molar-refractivity contribution >= 4 is 22.6 Å². The van der Waals surface area contributed by atoms with Gasteiger partial charge in [0.1, 0.15) is 28.5 Å². The maximum atomic E-state index is 13.3. The van der Waals surface area contributed by atoms with Crippen molar-refractivity contribution in [2.45, 2.75) is 6.92 Å². The molecule has 0 fully saturated rings. The monoisotopic (exact) mass is 527 g/mol. The van der Waals surface area contributed by atoms with Crippen molar-refractivity contribution in [2.75, 3.05) is 19.5 Å². The molecule has 0 aliphatic rings. The number of hydrogen-bond acceptors (Lipinski definition) is 8. The molecule has 0 atom stereocenters. The van der Waals surface area contributed by atoms with E-state index in [0.717, 1.165) is 6.20 Å². The second kappa shape index (κ2) is 10.6. The summed E-state index contributed by atoms with van der Waals surface area (Å²) in [5.74, 6) is 0.762. The predicted octanol–water partition coefficient (Wildman–Crippen LogP) is 4.69. The van der Waals surface area contributed by atoms with Gasteiger partial charge in [-0.25, -0.2) is 14.4 Å². The summed E-state index contributed by atoms with van der Waals surface area (Å²) in [6, 6.07) is 15.6. The van der Waals surface area contributed by atoms with Gasteiger partial charge in [-0.3, -0.25) is 19.1 Å². The molecule has 0 aliphatic carbocycles. The first-order chi connectivity index (χ1) is 18.9. The number of aromatic nitrogens is 4. The van der Waals surface area contributed by atoms with E-state index in [1.54, 1.807) is 55.6 Å². The SMILES string of the molecule is COc1cc2nccc(Oc3ccc(NC(=O)c4ccc(C)n(-c5ccc(F)cn5)c4=O)cc3)c2nc1OC. The first-order valence-corrected chi connectivity index (χ1v) is 11.7. The number of pyridine rings is 4. The lowest BCUT2D eigenvalue weighted by Gasteiger charge is -2.12. The number of rotatable bonds is 7. The number of carbonyl (C=O) groups excluding carboxylic acids is 1. The Morgan fingerprint density at radius 2 is 1.74 bits per heavy atom. The minimum atomic E-state index is -0.602. The molecule has 1 aromatic carbocycles. The van der Waals surface area contributed by atoms with Crippen LogP contribution in [0.3, 0.4) is 0 Å². The zero-order valence-electron chi connectivity index (χ0n) is 21.1. The Kier molecular flexibility index (Phi) is 6.87. The van der Waals surface area contributed by atoms with Crippen LogP contribution in [0.2, 0.25) is 0 Å². The zero-order chi connectivity index (χ0) is 27.5. The molecule has 11 heteroatoms. The van der Waals surface area contributed by atoms with E-state index >= 15 is 0 Å². The highest BCUT2D eigenvalue weighted by Crippen LogP contribution is 2.34. The van der Waals surface area contributed by atoms with Gasteiger partial charge in [0.25, 0.3) is 17.3 Å². The fourth-order valence-corrected chi connectivity index (χ4v) is 3.91. The number of aryl methyl sites for hydroxylation is 1. The summed E-state index contributed by atoms with van der Waals surface area (Å²) in [6.45, 7) is 1.70. The number of benzene rings is 1. The Hall–Kier alpha value is -5.32. The van der Waals surface area contributed by atoms with Crippen molar-refractivity contribution in [3.63, 3.8) is 0 Å². The van der Waals surface area contributed by atoms with Crippen molar-refractivity contribution in [3.05, 3.63) is 100 Å². The van der Waals surface area contributed by atoms with E-state index in [-0.39, 0.29) is 11.4 Å². The summed E-state index contributed by atoms with van der Waals surface area (Å²) in [5.41, 5.74) is 1.38. The second-order valence-electron chi connectivity index (χ2n) is 8.32. The summed E-state index contributed by atoms with van der Waals surface area (Å²) >= 11 is 0. The molecule has 0 saturated carbocycles. The van der Waals surface area contributed by atoms with Gasteiger partial charge in [-0.1, -0.05) is 0 Å². The molecule has 39 heavy (non-hydrogen) atoms. The first-order valence-electron chi connectivity index (χ1n) is 11.7. The number of nitrogens with one attached hydrogen (secondary N) is 1. The molecule has 0 bridgehead atoms. The molecule has 0 spiro atoms. The Labute approximate surface area is 221 Å². The Balaban J connectivity index is 1.36. The fourth-order valence-electron chi connectivity index (χ4n) is 3.91. The van der Waals surface area contributed by atoms with E-state index in [1.165, 1.54) is 37.0 Å². The van der Waals surface area contributed by atoms with Crippen LogP contribution in [0.1, 0.15) is 16.1 Å². The average Bonchev–Trinajstić information content (AvgIpc) is 2.94. The molecule has 4 heterocycles. The molecule has 5 rings (SSSR count). The highest BCUT2D eigenvalue weighted by atomic mass is 19.1. The van der Waals surface area contributed by atoms with E-state index in [9.17, 15) is 14.0 Å². The number of methoxy groups -OCH3 is 2. The smallest absolute Gasteiger partial charge is 0.269 e. The highest BCUT2D eigenvalue weighted by molar-refractivity contribution is 6.04. The molecular weight excluding hydrogens is 505 g/mol. The van der Waals surface area contributed by atoms with E-state index in [2.05, 4.69) is 20.3 Å². The van der Waals surface area contributed by atoms with Crippen LogP contribution in [0, 0.1) is 12.7 Å². The van der Waals surface area contributed by atoms with Crippen molar-refractivity contribution < 1.29 is 23.4 Å². The van der Waals surface area contributed by atoms with Crippen LogP contribution in [0.4, 0.5) is 10.1 Å². The number of nitrogens with zero attached hydrogens (tertiary/aromatic N) is 4. The number of amides is 1.